The molecule has 0 fully saturated rings. The normalized spacial score (nSPS) is 10.5. The zero-order valence-corrected chi connectivity index (χ0v) is 12.9. The van der Waals surface area contributed by atoms with Gasteiger partial charge in [-0.05, 0) is 42.0 Å². The van der Waals surface area contributed by atoms with Gasteiger partial charge in [-0.2, -0.15) is 0 Å². The van der Waals surface area contributed by atoms with Crippen molar-refractivity contribution in [1.29, 1.82) is 0 Å². The van der Waals surface area contributed by atoms with Gasteiger partial charge < -0.3 is 10.1 Å². The van der Waals surface area contributed by atoms with Crippen LogP contribution < -0.4 is 10.1 Å². The minimum Gasteiger partial charge on any atom is -0.439 e. The Morgan fingerprint density at radius 3 is 2.29 bits per heavy atom. The molecule has 1 amide bonds. The topological polar surface area (TPSA) is 51.2 Å². The second-order valence-electron chi connectivity index (χ2n) is 5.03. The number of rotatable bonds is 5. The fourth-order valence-electron chi connectivity index (χ4n) is 2.04. The zero-order chi connectivity index (χ0) is 16.6. The van der Waals surface area contributed by atoms with E-state index in [-0.39, 0.29) is 5.91 Å². The average Bonchev–Trinajstić information content (AvgIpc) is 2.63. The molecule has 0 aliphatic rings. The van der Waals surface area contributed by atoms with Crippen molar-refractivity contribution in [1.82, 2.24) is 4.98 Å². The molecule has 0 saturated carbocycles. The monoisotopic (exact) mass is 316 g/mol. The molecule has 0 aliphatic carbocycles. The van der Waals surface area contributed by atoms with Crippen molar-refractivity contribution >= 4 is 17.7 Å². The molecule has 3 rings (SSSR count). The number of anilines is 1. The van der Waals surface area contributed by atoms with Gasteiger partial charge in [0.15, 0.2) is 0 Å². The number of para-hydroxylation sites is 2. The standard InChI is InChI=1S/C20H16N2O2/c23-19(22-17-7-3-1-4-8-17)13-11-16-12-14-20(21-15-16)24-18-9-5-2-6-10-18/h1-15H,(H,22,23)/b13-11+. The highest BCUT2D eigenvalue weighted by atomic mass is 16.5. The van der Waals surface area contributed by atoms with Gasteiger partial charge in [-0.25, -0.2) is 4.98 Å². The van der Waals surface area contributed by atoms with Crippen molar-refractivity contribution in [3.05, 3.63) is 90.6 Å². The highest BCUT2D eigenvalue weighted by Crippen LogP contribution is 2.18. The number of ether oxygens (including phenoxy) is 1. The number of amides is 1. The molecular weight excluding hydrogens is 300 g/mol. The van der Waals surface area contributed by atoms with Gasteiger partial charge in [-0.1, -0.05) is 36.4 Å². The van der Waals surface area contributed by atoms with Gasteiger partial charge >= 0.3 is 0 Å². The van der Waals surface area contributed by atoms with Gasteiger partial charge in [0.1, 0.15) is 5.75 Å². The number of aromatic nitrogens is 1. The first-order valence-electron chi connectivity index (χ1n) is 7.53. The van der Waals surface area contributed by atoms with Gasteiger partial charge in [0.2, 0.25) is 11.8 Å². The number of carbonyl (C=O) groups excluding carboxylic acids is 1. The molecule has 0 unspecified atom stereocenters. The molecule has 24 heavy (non-hydrogen) atoms. The maximum atomic E-state index is 11.9. The van der Waals surface area contributed by atoms with E-state index in [1.165, 1.54) is 6.08 Å². The summed E-state index contributed by atoms with van der Waals surface area (Å²) in [5.74, 6) is 1.05. The van der Waals surface area contributed by atoms with Crippen LogP contribution in [0.1, 0.15) is 5.56 Å². The Balaban J connectivity index is 1.58. The second kappa shape index (κ2) is 7.74. The molecule has 2 aromatic carbocycles. The quantitative estimate of drug-likeness (QED) is 0.704. The van der Waals surface area contributed by atoms with E-state index in [0.29, 0.717) is 5.88 Å². The van der Waals surface area contributed by atoms with Crippen LogP contribution in [0.4, 0.5) is 5.69 Å². The molecule has 0 aliphatic heterocycles. The highest BCUT2D eigenvalue weighted by molar-refractivity contribution is 6.01. The first kappa shape index (κ1) is 15.5. The van der Waals surface area contributed by atoms with E-state index < -0.39 is 0 Å². The van der Waals surface area contributed by atoms with Crippen LogP contribution in [0.25, 0.3) is 6.08 Å². The smallest absolute Gasteiger partial charge is 0.248 e. The predicted molar refractivity (Wildman–Crippen MR) is 94.9 cm³/mol. The summed E-state index contributed by atoms with van der Waals surface area (Å²) >= 11 is 0. The average molecular weight is 316 g/mol. The van der Waals surface area contributed by atoms with E-state index in [1.807, 2.05) is 66.7 Å². The summed E-state index contributed by atoms with van der Waals surface area (Å²) in [5, 5.41) is 2.79. The Labute approximate surface area is 140 Å². The van der Waals surface area contributed by atoms with E-state index in [2.05, 4.69) is 10.3 Å². The number of nitrogens with zero attached hydrogens (tertiary/aromatic N) is 1. The number of nitrogens with one attached hydrogen (secondary N) is 1. The number of carbonyl (C=O) groups is 1. The van der Waals surface area contributed by atoms with Crippen molar-refractivity contribution in [3.63, 3.8) is 0 Å². The van der Waals surface area contributed by atoms with E-state index in [9.17, 15) is 4.79 Å². The molecule has 4 heteroatoms. The molecule has 0 bridgehead atoms. The third-order valence-corrected chi connectivity index (χ3v) is 3.19. The predicted octanol–water partition coefficient (Wildman–Crippen LogP) is 4.53. The Bertz CT molecular complexity index is 813. The Morgan fingerprint density at radius 2 is 1.62 bits per heavy atom. The van der Waals surface area contributed by atoms with Crippen LogP contribution in [0.15, 0.2) is 85.1 Å². The first-order valence-corrected chi connectivity index (χ1v) is 7.53. The fraction of sp³-hybridized carbons (Fsp3) is 0. The summed E-state index contributed by atoms with van der Waals surface area (Å²) in [6, 6.07) is 22.4. The van der Waals surface area contributed by atoms with Crippen LogP contribution >= 0.6 is 0 Å². The van der Waals surface area contributed by atoms with Crippen molar-refractivity contribution in [3.8, 4) is 11.6 Å². The Kier molecular flexibility index (Phi) is 5.00. The van der Waals surface area contributed by atoms with Crippen molar-refractivity contribution in [2.24, 2.45) is 0 Å². The molecule has 0 saturated heterocycles. The van der Waals surface area contributed by atoms with Gasteiger partial charge in [0.05, 0.1) is 0 Å². The summed E-state index contributed by atoms with van der Waals surface area (Å²) in [6.07, 6.45) is 4.84. The van der Waals surface area contributed by atoms with E-state index >= 15 is 0 Å². The van der Waals surface area contributed by atoms with Gasteiger partial charge in [-0.3, -0.25) is 4.79 Å². The molecule has 1 heterocycles. The zero-order valence-electron chi connectivity index (χ0n) is 12.9. The van der Waals surface area contributed by atoms with Crippen LogP contribution in [-0.4, -0.2) is 10.9 Å². The number of hydrogen-bond acceptors (Lipinski definition) is 3. The number of benzene rings is 2. The van der Waals surface area contributed by atoms with Crippen molar-refractivity contribution in [2.45, 2.75) is 0 Å². The van der Waals surface area contributed by atoms with Crippen LogP contribution in [0.3, 0.4) is 0 Å². The lowest BCUT2D eigenvalue weighted by Crippen LogP contribution is -2.07. The van der Waals surface area contributed by atoms with Gasteiger partial charge in [0.25, 0.3) is 0 Å². The van der Waals surface area contributed by atoms with E-state index in [0.717, 1.165) is 17.0 Å². The second-order valence-corrected chi connectivity index (χ2v) is 5.03. The Morgan fingerprint density at radius 1 is 0.917 bits per heavy atom. The van der Waals surface area contributed by atoms with Crippen molar-refractivity contribution in [2.75, 3.05) is 5.32 Å². The lowest BCUT2D eigenvalue weighted by atomic mass is 10.2. The highest BCUT2D eigenvalue weighted by Gasteiger charge is 1.99. The molecule has 0 atom stereocenters. The van der Waals surface area contributed by atoms with Crippen LogP contribution in [-0.2, 0) is 4.79 Å². The molecular formula is C20H16N2O2. The molecule has 4 nitrogen and oxygen atoms in total. The summed E-state index contributed by atoms with van der Waals surface area (Å²) < 4.78 is 5.62. The van der Waals surface area contributed by atoms with E-state index in [1.54, 1.807) is 18.3 Å². The molecule has 118 valence electrons. The van der Waals surface area contributed by atoms with E-state index in [4.69, 9.17) is 4.74 Å². The van der Waals surface area contributed by atoms with Crippen LogP contribution in [0.5, 0.6) is 11.6 Å². The lowest BCUT2D eigenvalue weighted by Gasteiger charge is -2.04. The first-order chi connectivity index (χ1) is 11.8. The molecule has 1 aromatic heterocycles. The molecule has 0 spiro atoms. The third-order valence-electron chi connectivity index (χ3n) is 3.19. The minimum atomic E-state index is -0.189. The molecule has 0 radical (unpaired) electrons. The lowest BCUT2D eigenvalue weighted by molar-refractivity contribution is -0.111. The number of hydrogen-bond donors (Lipinski definition) is 1. The SMILES string of the molecule is O=C(/C=C/c1ccc(Oc2ccccc2)nc1)Nc1ccccc1. The maximum absolute atomic E-state index is 11.9. The maximum Gasteiger partial charge on any atom is 0.248 e. The Hall–Kier alpha value is -3.40. The summed E-state index contributed by atoms with van der Waals surface area (Å²) in [6.45, 7) is 0. The number of pyridine rings is 1. The minimum absolute atomic E-state index is 0.189. The third kappa shape index (κ3) is 4.55. The summed E-state index contributed by atoms with van der Waals surface area (Å²) in [5.41, 5.74) is 1.58. The van der Waals surface area contributed by atoms with Crippen LogP contribution in [0.2, 0.25) is 0 Å². The summed E-state index contributed by atoms with van der Waals surface area (Å²) in [7, 11) is 0. The molecule has 1 N–H and O–H groups in total. The van der Waals surface area contributed by atoms with Crippen molar-refractivity contribution < 1.29 is 9.53 Å². The van der Waals surface area contributed by atoms with Crippen LogP contribution in [0, 0.1) is 0 Å². The summed E-state index contributed by atoms with van der Waals surface area (Å²) in [4.78, 5) is 16.1. The largest absolute Gasteiger partial charge is 0.439 e. The van der Waals surface area contributed by atoms with Gasteiger partial charge in [0, 0.05) is 24.0 Å². The van der Waals surface area contributed by atoms with Gasteiger partial charge in [-0.15, -0.1) is 0 Å². The fourth-order valence-corrected chi connectivity index (χ4v) is 2.04. The molecule has 3 aromatic rings.